The first-order chi connectivity index (χ1) is 11.0. The van der Waals surface area contributed by atoms with Crippen molar-refractivity contribution >= 4 is 23.5 Å². The van der Waals surface area contributed by atoms with Gasteiger partial charge in [0.05, 0.1) is 17.5 Å². The molecular formula is C15H20N6OS. The lowest BCUT2D eigenvalue weighted by Gasteiger charge is -2.28. The van der Waals surface area contributed by atoms with Crippen molar-refractivity contribution in [3.63, 3.8) is 0 Å². The third kappa shape index (κ3) is 3.49. The van der Waals surface area contributed by atoms with E-state index < -0.39 is 0 Å². The SMILES string of the molecule is N=C(c1cccnc1N)c1cc(SN2CCCC(O)C2)cn1N. The lowest BCUT2D eigenvalue weighted by Crippen LogP contribution is -2.33. The Labute approximate surface area is 138 Å². The van der Waals surface area contributed by atoms with Crippen molar-refractivity contribution in [1.29, 1.82) is 5.41 Å². The molecule has 2 aromatic rings. The number of aliphatic hydroxyl groups excluding tert-OH is 1. The van der Waals surface area contributed by atoms with Gasteiger partial charge in [0.25, 0.3) is 0 Å². The highest BCUT2D eigenvalue weighted by Crippen LogP contribution is 2.28. The predicted molar refractivity (Wildman–Crippen MR) is 91.8 cm³/mol. The summed E-state index contributed by atoms with van der Waals surface area (Å²) < 4.78 is 3.55. The Bertz CT molecular complexity index is 716. The van der Waals surface area contributed by atoms with Crippen LogP contribution >= 0.6 is 11.9 Å². The number of rotatable bonds is 4. The number of hydrogen-bond donors (Lipinski definition) is 4. The van der Waals surface area contributed by atoms with Gasteiger partial charge in [-0.3, -0.25) is 10.1 Å². The highest BCUT2D eigenvalue weighted by molar-refractivity contribution is 7.97. The minimum atomic E-state index is -0.274. The molecule has 0 spiro atoms. The van der Waals surface area contributed by atoms with Gasteiger partial charge in [0.1, 0.15) is 5.82 Å². The van der Waals surface area contributed by atoms with Gasteiger partial charge < -0.3 is 16.7 Å². The molecule has 0 amide bonds. The number of aromatic nitrogens is 2. The maximum absolute atomic E-state index is 9.74. The fraction of sp³-hybridized carbons (Fsp3) is 0.333. The summed E-state index contributed by atoms with van der Waals surface area (Å²) >= 11 is 1.55. The molecule has 3 rings (SSSR count). The quantitative estimate of drug-likeness (QED) is 0.378. The van der Waals surface area contributed by atoms with Gasteiger partial charge in [-0.1, -0.05) is 0 Å². The second kappa shape index (κ2) is 6.61. The van der Waals surface area contributed by atoms with Gasteiger partial charge in [-0.2, -0.15) is 0 Å². The summed E-state index contributed by atoms with van der Waals surface area (Å²) in [4.78, 5) is 4.94. The van der Waals surface area contributed by atoms with Crippen LogP contribution < -0.4 is 11.6 Å². The highest BCUT2D eigenvalue weighted by atomic mass is 32.2. The van der Waals surface area contributed by atoms with E-state index in [1.54, 1.807) is 36.5 Å². The van der Waals surface area contributed by atoms with E-state index in [1.165, 1.54) is 4.68 Å². The number of nitrogens with one attached hydrogen (secondary N) is 1. The Morgan fingerprint density at radius 1 is 1.48 bits per heavy atom. The predicted octanol–water partition coefficient (Wildman–Crippen LogP) is 1.06. The number of pyridine rings is 1. The topological polar surface area (TPSA) is 117 Å². The Balaban J connectivity index is 1.78. The van der Waals surface area contributed by atoms with Crippen molar-refractivity contribution in [2.24, 2.45) is 0 Å². The lowest BCUT2D eigenvalue weighted by atomic mass is 10.1. The highest BCUT2D eigenvalue weighted by Gasteiger charge is 2.20. The van der Waals surface area contributed by atoms with Gasteiger partial charge in [0.15, 0.2) is 0 Å². The molecule has 7 nitrogen and oxygen atoms in total. The maximum Gasteiger partial charge on any atom is 0.132 e. The Hall–Kier alpha value is -2.03. The molecule has 1 unspecified atom stereocenters. The smallest absolute Gasteiger partial charge is 0.132 e. The first-order valence-electron chi connectivity index (χ1n) is 7.43. The van der Waals surface area contributed by atoms with Gasteiger partial charge in [0.2, 0.25) is 0 Å². The summed E-state index contributed by atoms with van der Waals surface area (Å²) in [7, 11) is 0. The van der Waals surface area contributed by atoms with E-state index in [1.807, 2.05) is 6.07 Å². The molecule has 0 saturated carbocycles. The molecule has 23 heavy (non-hydrogen) atoms. The number of aliphatic hydroxyl groups is 1. The number of piperidine rings is 1. The second-order valence-electron chi connectivity index (χ2n) is 5.55. The van der Waals surface area contributed by atoms with Crippen molar-refractivity contribution in [2.75, 3.05) is 24.7 Å². The summed E-state index contributed by atoms with van der Waals surface area (Å²) in [5.41, 5.74) is 7.21. The molecule has 1 aliphatic rings. The standard InChI is InChI=1S/C15H20N6OS/c16-14(12-4-1-5-19-15(12)17)13-7-11(9-21(13)18)23-20-6-2-3-10(22)8-20/h1,4-5,7,9-10,16,22H,2-3,6,8,18H2,(H2,17,19). The summed E-state index contributed by atoms with van der Waals surface area (Å²) in [6.45, 7) is 1.57. The summed E-state index contributed by atoms with van der Waals surface area (Å²) in [6.07, 6.45) is 4.93. The average Bonchev–Trinajstić information content (AvgIpc) is 2.87. The normalized spacial score (nSPS) is 18.9. The minimum Gasteiger partial charge on any atom is -0.392 e. The molecule has 1 saturated heterocycles. The molecule has 3 heterocycles. The van der Waals surface area contributed by atoms with E-state index in [0.29, 0.717) is 23.6 Å². The monoisotopic (exact) mass is 332 g/mol. The van der Waals surface area contributed by atoms with Gasteiger partial charge >= 0.3 is 0 Å². The van der Waals surface area contributed by atoms with Crippen LogP contribution in [-0.4, -0.2) is 44.0 Å². The fourth-order valence-corrected chi connectivity index (χ4v) is 3.71. The third-order valence-electron chi connectivity index (χ3n) is 3.78. The summed E-state index contributed by atoms with van der Waals surface area (Å²) in [5, 5.41) is 18.1. The van der Waals surface area contributed by atoms with Crippen LogP contribution in [0.3, 0.4) is 0 Å². The van der Waals surface area contributed by atoms with Crippen LogP contribution in [0.5, 0.6) is 0 Å². The van der Waals surface area contributed by atoms with Crippen LogP contribution in [0.2, 0.25) is 0 Å². The first-order valence-corrected chi connectivity index (χ1v) is 8.20. The van der Waals surface area contributed by atoms with E-state index in [4.69, 9.17) is 17.0 Å². The largest absolute Gasteiger partial charge is 0.392 e. The van der Waals surface area contributed by atoms with Crippen LogP contribution in [0.25, 0.3) is 0 Å². The Morgan fingerprint density at radius 2 is 2.30 bits per heavy atom. The molecule has 2 aromatic heterocycles. The molecule has 0 aliphatic carbocycles. The fourth-order valence-electron chi connectivity index (χ4n) is 2.62. The van der Waals surface area contributed by atoms with Crippen molar-refractivity contribution in [3.8, 4) is 0 Å². The zero-order valence-corrected chi connectivity index (χ0v) is 13.5. The lowest BCUT2D eigenvalue weighted by molar-refractivity contribution is 0.112. The molecule has 8 heteroatoms. The number of β-amino-alcohol motifs (C(OH)–C–C–N with tert-alkyl or cyclic N) is 1. The van der Waals surface area contributed by atoms with Gasteiger partial charge in [-0.25, -0.2) is 9.29 Å². The molecule has 122 valence electrons. The van der Waals surface area contributed by atoms with Crippen LogP contribution in [0.15, 0.2) is 35.5 Å². The molecule has 0 radical (unpaired) electrons. The number of nitrogens with two attached hydrogens (primary N) is 2. The molecule has 0 bridgehead atoms. The Morgan fingerprint density at radius 3 is 3.04 bits per heavy atom. The summed E-state index contributed by atoms with van der Waals surface area (Å²) in [6, 6.07) is 5.36. The second-order valence-corrected chi connectivity index (χ2v) is 6.73. The molecular weight excluding hydrogens is 312 g/mol. The minimum absolute atomic E-state index is 0.239. The van der Waals surface area contributed by atoms with E-state index in [2.05, 4.69) is 9.29 Å². The van der Waals surface area contributed by atoms with E-state index >= 15 is 0 Å². The van der Waals surface area contributed by atoms with Crippen LogP contribution in [-0.2, 0) is 0 Å². The van der Waals surface area contributed by atoms with Crippen LogP contribution in [0.4, 0.5) is 5.82 Å². The first kappa shape index (κ1) is 15.9. The summed E-state index contributed by atoms with van der Waals surface area (Å²) in [5.74, 6) is 6.31. The van der Waals surface area contributed by atoms with Crippen molar-refractivity contribution in [3.05, 3.63) is 41.9 Å². The van der Waals surface area contributed by atoms with Gasteiger partial charge in [-0.15, -0.1) is 0 Å². The number of nitrogen functional groups attached to an aromatic ring is 2. The Kier molecular flexibility index (Phi) is 4.56. The van der Waals surface area contributed by atoms with Crippen LogP contribution in [0, 0.1) is 5.41 Å². The average molecular weight is 332 g/mol. The maximum atomic E-state index is 9.74. The molecule has 1 atom stereocenters. The third-order valence-corrected chi connectivity index (χ3v) is 4.81. The van der Waals surface area contributed by atoms with Gasteiger partial charge in [0, 0.05) is 35.9 Å². The van der Waals surface area contributed by atoms with Crippen LogP contribution in [0.1, 0.15) is 24.1 Å². The molecule has 6 N–H and O–H groups in total. The van der Waals surface area contributed by atoms with Crippen molar-refractivity contribution < 1.29 is 5.11 Å². The number of anilines is 1. The molecule has 1 aliphatic heterocycles. The zero-order chi connectivity index (χ0) is 16.4. The van der Waals surface area contributed by atoms with Crippen molar-refractivity contribution in [2.45, 2.75) is 23.8 Å². The molecule has 1 fully saturated rings. The van der Waals surface area contributed by atoms with E-state index in [0.717, 1.165) is 24.3 Å². The van der Waals surface area contributed by atoms with Gasteiger partial charge in [-0.05, 0) is 43.0 Å². The molecule has 0 aromatic carbocycles. The van der Waals surface area contributed by atoms with Crippen molar-refractivity contribution in [1.82, 2.24) is 14.0 Å². The zero-order valence-electron chi connectivity index (χ0n) is 12.6. The van der Waals surface area contributed by atoms with E-state index in [9.17, 15) is 5.11 Å². The van der Waals surface area contributed by atoms with E-state index in [-0.39, 0.29) is 11.8 Å². The number of nitrogens with zero attached hydrogens (tertiary/aromatic N) is 3. The number of hydrogen-bond acceptors (Lipinski definition) is 7.